The van der Waals surface area contributed by atoms with Crippen LogP contribution in [0.2, 0.25) is 10.0 Å². The fourth-order valence-electron chi connectivity index (χ4n) is 3.27. The van der Waals surface area contributed by atoms with E-state index in [9.17, 15) is 4.79 Å². The molecule has 20 heavy (non-hydrogen) atoms. The second-order valence-corrected chi connectivity index (χ2v) is 6.26. The molecule has 0 spiro atoms. The molecule has 2 aliphatic rings. The van der Waals surface area contributed by atoms with E-state index in [1.54, 1.807) is 12.1 Å². The normalized spacial score (nSPS) is 25.7. The maximum Gasteiger partial charge on any atom is 0.253 e. The van der Waals surface area contributed by atoms with Crippen molar-refractivity contribution in [3.63, 3.8) is 0 Å². The van der Waals surface area contributed by atoms with Crippen LogP contribution in [0.15, 0.2) is 12.1 Å². The van der Waals surface area contributed by atoms with E-state index in [0.717, 1.165) is 25.9 Å². The molecule has 3 rings (SSSR count). The number of nitrogens with zero attached hydrogens (tertiary/aromatic N) is 1. The topological polar surface area (TPSA) is 58.4 Å². The minimum absolute atomic E-state index is 0.192. The van der Waals surface area contributed by atoms with Gasteiger partial charge in [0.15, 0.2) is 0 Å². The second-order valence-electron chi connectivity index (χ2n) is 5.48. The zero-order valence-corrected chi connectivity index (χ0v) is 12.5. The van der Waals surface area contributed by atoms with Crippen LogP contribution in [0.4, 0.5) is 5.69 Å². The number of nitrogens with two attached hydrogens (primary N) is 1. The summed E-state index contributed by atoms with van der Waals surface area (Å²) in [5.41, 5.74) is 6.53. The summed E-state index contributed by atoms with van der Waals surface area (Å²) in [5, 5.41) is 3.66. The first kappa shape index (κ1) is 14.0. The van der Waals surface area contributed by atoms with Crippen molar-refractivity contribution >= 4 is 34.8 Å². The molecule has 0 radical (unpaired) electrons. The summed E-state index contributed by atoms with van der Waals surface area (Å²) in [7, 11) is 0. The Morgan fingerprint density at radius 3 is 2.90 bits per heavy atom. The third-order valence-electron chi connectivity index (χ3n) is 4.22. The van der Waals surface area contributed by atoms with E-state index in [4.69, 9.17) is 28.9 Å². The molecular formula is C14H17Cl2N3O. The van der Waals surface area contributed by atoms with Crippen LogP contribution in [0.25, 0.3) is 0 Å². The molecular weight excluding hydrogens is 297 g/mol. The van der Waals surface area contributed by atoms with Gasteiger partial charge in [0.1, 0.15) is 0 Å². The Bertz CT molecular complexity index is 549. The van der Waals surface area contributed by atoms with Crippen LogP contribution in [0.5, 0.6) is 0 Å². The van der Waals surface area contributed by atoms with E-state index < -0.39 is 0 Å². The quantitative estimate of drug-likeness (QED) is 0.825. The SMILES string of the molecule is Nc1cc(Cl)c(Cl)c(C(=O)NC2CCN3CCCC23)c1. The molecule has 0 bridgehead atoms. The molecule has 2 unspecified atom stereocenters. The molecule has 6 heteroatoms. The van der Waals surface area contributed by atoms with Gasteiger partial charge >= 0.3 is 0 Å². The Labute approximate surface area is 128 Å². The molecule has 108 valence electrons. The summed E-state index contributed by atoms with van der Waals surface area (Å²) in [4.78, 5) is 14.8. The molecule has 0 aliphatic carbocycles. The number of nitrogen functional groups attached to an aromatic ring is 1. The number of amides is 1. The maximum absolute atomic E-state index is 12.4. The lowest BCUT2D eigenvalue weighted by Crippen LogP contribution is -2.42. The van der Waals surface area contributed by atoms with E-state index in [-0.39, 0.29) is 17.0 Å². The number of nitrogens with one attached hydrogen (secondary N) is 1. The van der Waals surface area contributed by atoms with Gasteiger partial charge in [-0.1, -0.05) is 23.2 Å². The van der Waals surface area contributed by atoms with Crippen LogP contribution < -0.4 is 11.1 Å². The predicted octanol–water partition coefficient (Wildman–Crippen LogP) is 2.54. The molecule has 0 saturated carbocycles. The third kappa shape index (κ3) is 2.48. The number of anilines is 1. The Hall–Kier alpha value is -0.970. The Morgan fingerprint density at radius 1 is 1.30 bits per heavy atom. The Kier molecular flexibility index (Phi) is 3.80. The van der Waals surface area contributed by atoms with E-state index in [1.165, 1.54) is 6.42 Å². The minimum atomic E-state index is -0.192. The highest BCUT2D eigenvalue weighted by molar-refractivity contribution is 6.44. The third-order valence-corrected chi connectivity index (χ3v) is 5.02. The highest BCUT2D eigenvalue weighted by Crippen LogP contribution is 2.31. The molecule has 2 heterocycles. The predicted molar refractivity (Wildman–Crippen MR) is 81.3 cm³/mol. The Morgan fingerprint density at radius 2 is 2.10 bits per heavy atom. The number of halogens is 2. The highest BCUT2D eigenvalue weighted by Gasteiger charge is 2.38. The monoisotopic (exact) mass is 313 g/mol. The summed E-state index contributed by atoms with van der Waals surface area (Å²) in [6.45, 7) is 2.20. The number of hydrogen-bond acceptors (Lipinski definition) is 3. The summed E-state index contributed by atoms with van der Waals surface area (Å²) >= 11 is 12.1. The van der Waals surface area contributed by atoms with Crippen molar-refractivity contribution in [2.75, 3.05) is 18.8 Å². The van der Waals surface area contributed by atoms with Gasteiger partial charge in [-0.25, -0.2) is 0 Å². The van der Waals surface area contributed by atoms with Crippen LogP contribution >= 0.6 is 23.2 Å². The number of hydrogen-bond donors (Lipinski definition) is 2. The second kappa shape index (κ2) is 5.43. The summed E-state index contributed by atoms with van der Waals surface area (Å²) < 4.78 is 0. The van der Waals surface area contributed by atoms with Gasteiger partial charge in [-0.3, -0.25) is 9.69 Å². The molecule has 1 aromatic carbocycles. The van der Waals surface area contributed by atoms with Gasteiger partial charge in [0.05, 0.1) is 15.6 Å². The molecule has 2 atom stereocenters. The van der Waals surface area contributed by atoms with Crippen molar-refractivity contribution < 1.29 is 4.79 Å². The van der Waals surface area contributed by atoms with Crippen molar-refractivity contribution in [3.8, 4) is 0 Å². The average Bonchev–Trinajstić information content (AvgIpc) is 2.98. The number of carbonyl (C=O) groups is 1. The standard InChI is InChI=1S/C14H17Cl2N3O/c15-10-7-8(17)6-9(13(10)16)14(20)18-11-3-5-19-4-1-2-12(11)19/h6-7,11-12H,1-5,17H2,(H,18,20). The van der Waals surface area contributed by atoms with Gasteiger partial charge in [0.2, 0.25) is 0 Å². The molecule has 2 saturated heterocycles. The lowest BCUT2D eigenvalue weighted by Gasteiger charge is -2.21. The lowest BCUT2D eigenvalue weighted by atomic mass is 10.1. The van der Waals surface area contributed by atoms with Gasteiger partial charge in [0, 0.05) is 24.3 Å². The Balaban J connectivity index is 1.77. The van der Waals surface area contributed by atoms with Crippen LogP contribution in [0.3, 0.4) is 0 Å². The number of fused-ring (bicyclic) bond motifs is 1. The van der Waals surface area contributed by atoms with Crippen molar-refractivity contribution in [2.45, 2.75) is 31.3 Å². The van der Waals surface area contributed by atoms with Crippen LogP contribution in [-0.4, -0.2) is 36.0 Å². The number of benzene rings is 1. The smallest absolute Gasteiger partial charge is 0.253 e. The zero-order chi connectivity index (χ0) is 14.3. The molecule has 2 fully saturated rings. The molecule has 1 aromatic rings. The van der Waals surface area contributed by atoms with Crippen LogP contribution in [-0.2, 0) is 0 Å². The first-order chi connectivity index (χ1) is 9.56. The number of carbonyl (C=O) groups excluding carboxylic acids is 1. The molecule has 1 amide bonds. The van der Waals surface area contributed by atoms with Gasteiger partial charge in [-0.15, -0.1) is 0 Å². The van der Waals surface area contributed by atoms with E-state index in [2.05, 4.69) is 10.2 Å². The molecule has 0 aromatic heterocycles. The van der Waals surface area contributed by atoms with Gasteiger partial charge in [-0.05, 0) is 37.9 Å². The summed E-state index contributed by atoms with van der Waals surface area (Å²) in [5.74, 6) is -0.192. The first-order valence-corrected chi connectivity index (χ1v) is 7.61. The van der Waals surface area contributed by atoms with Gasteiger partial charge in [-0.2, -0.15) is 0 Å². The lowest BCUT2D eigenvalue weighted by molar-refractivity contribution is 0.0929. The molecule has 3 N–H and O–H groups in total. The van der Waals surface area contributed by atoms with Gasteiger partial charge in [0.25, 0.3) is 5.91 Å². The van der Waals surface area contributed by atoms with Crippen LogP contribution in [0.1, 0.15) is 29.6 Å². The summed E-state index contributed by atoms with van der Waals surface area (Å²) in [6.07, 6.45) is 3.35. The van der Waals surface area contributed by atoms with Crippen molar-refractivity contribution in [1.82, 2.24) is 10.2 Å². The zero-order valence-electron chi connectivity index (χ0n) is 11.0. The fourth-order valence-corrected chi connectivity index (χ4v) is 3.69. The van der Waals surface area contributed by atoms with Crippen molar-refractivity contribution in [1.29, 1.82) is 0 Å². The first-order valence-electron chi connectivity index (χ1n) is 6.85. The van der Waals surface area contributed by atoms with E-state index >= 15 is 0 Å². The van der Waals surface area contributed by atoms with E-state index in [1.807, 2.05) is 0 Å². The minimum Gasteiger partial charge on any atom is -0.399 e. The summed E-state index contributed by atoms with van der Waals surface area (Å²) in [6, 6.07) is 3.79. The van der Waals surface area contributed by atoms with E-state index in [0.29, 0.717) is 22.3 Å². The van der Waals surface area contributed by atoms with Gasteiger partial charge < -0.3 is 11.1 Å². The molecule has 2 aliphatic heterocycles. The maximum atomic E-state index is 12.4. The largest absolute Gasteiger partial charge is 0.399 e. The van der Waals surface area contributed by atoms with Crippen LogP contribution in [0, 0.1) is 0 Å². The average molecular weight is 314 g/mol. The number of rotatable bonds is 2. The fraction of sp³-hybridized carbons (Fsp3) is 0.500. The molecule has 4 nitrogen and oxygen atoms in total. The highest BCUT2D eigenvalue weighted by atomic mass is 35.5. The van der Waals surface area contributed by atoms with Crippen molar-refractivity contribution in [2.24, 2.45) is 0 Å². The van der Waals surface area contributed by atoms with Crippen molar-refractivity contribution in [3.05, 3.63) is 27.7 Å².